The van der Waals surface area contributed by atoms with Crippen molar-refractivity contribution in [3.8, 4) is 0 Å². The van der Waals surface area contributed by atoms with Gasteiger partial charge < -0.3 is 9.64 Å². The van der Waals surface area contributed by atoms with Crippen molar-refractivity contribution in [2.45, 2.75) is 51.2 Å². The summed E-state index contributed by atoms with van der Waals surface area (Å²) in [5, 5.41) is 0.953. The van der Waals surface area contributed by atoms with Gasteiger partial charge in [-0.25, -0.2) is 9.00 Å². The molecule has 2 aromatic rings. The maximum atomic E-state index is 12.7. The Kier molecular flexibility index (Phi) is 7.21. The zero-order valence-corrected chi connectivity index (χ0v) is 20.1. The smallest absolute Gasteiger partial charge is 0.410 e. The van der Waals surface area contributed by atoms with Crippen LogP contribution in [-0.4, -0.2) is 32.4 Å². The standard InChI is InChI=1S/C22H26Cl2N2O4S/c1-22(2,3)30-21(27)26(4)20-10-8-15(13-5-9-18(23)19(24)11-13)17-12-14(25-31(28)29)6-7-16(17)20/h5-7,9,11-12,15,20,25H,8,10H2,1-4H3,(H,28,29). The van der Waals surface area contributed by atoms with Crippen LogP contribution in [0.25, 0.3) is 0 Å². The van der Waals surface area contributed by atoms with Crippen LogP contribution in [-0.2, 0) is 16.0 Å². The van der Waals surface area contributed by atoms with Gasteiger partial charge in [-0.05, 0) is 74.6 Å². The fourth-order valence-electron chi connectivity index (χ4n) is 3.92. The number of nitrogens with zero attached hydrogens (tertiary/aromatic N) is 1. The Bertz CT molecular complexity index is 1010. The summed E-state index contributed by atoms with van der Waals surface area (Å²) >= 11 is 10.2. The van der Waals surface area contributed by atoms with Crippen LogP contribution < -0.4 is 4.72 Å². The number of amides is 1. The summed E-state index contributed by atoms with van der Waals surface area (Å²) in [4.78, 5) is 14.3. The van der Waals surface area contributed by atoms with E-state index in [1.54, 1.807) is 24.1 Å². The molecular weight excluding hydrogens is 459 g/mol. The van der Waals surface area contributed by atoms with Gasteiger partial charge in [-0.15, -0.1) is 0 Å². The van der Waals surface area contributed by atoms with Gasteiger partial charge in [0.1, 0.15) is 5.60 Å². The molecule has 0 aliphatic heterocycles. The fraction of sp³-hybridized carbons (Fsp3) is 0.409. The predicted octanol–water partition coefficient (Wildman–Crippen LogP) is 6.38. The van der Waals surface area contributed by atoms with Crippen LogP contribution >= 0.6 is 23.2 Å². The van der Waals surface area contributed by atoms with E-state index in [0.29, 0.717) is 15.7 Å². The van der Waals surface area contributed by atoms with Gasteiger partial charge >= 0.3 is 6.09 Å². The number of fused-ring (bicyclic) bond motifs is 1. The Morgan fingerprint density at radius 1 is 1.13 bits per heavy atom. The molecule has 0 saturated heterocycles. The number of rotatable bonds is 4. The lowest BCUT2D eigenvalue weighted by Gasteiger charge is -2.38. The van der Waals surface area contributed by atoms with Crippen LogP contribution in [0.4, 0.5) is 10.5 Å². The second kappa shape index (κ2) is 9.36. The molecule has 1 aliphatic rings. The highest BCUT2D eigenvalue weighted by Gasteiger charge is 2.34. The molecule has 0 spiro atoms. The van der Waals surface area contributed by atoms with Crippen molar-refractivity contribution in [3.63, 3.8) is 0 Å². The van der Waals surface area contributed by atoms with E-state index < -0.39 is 23.0 Å². The van der Waals surface area contributed by atoms with Gasteiger partial charge in [-0.2, -0.15) is 0 Å². The van der Waals surface area contributed by atoms with Crippen LogP contribution in [0.3, 0.4) is 0 Å². The summed E-state index contributed by atoms with van der Waals surface area (Å²) < 4.78 is 28.6. The summed E-state index contributed by atoms with van der Waals surface area (Å²) in [6, 6.07) is 10.8. The van der Waals surface area contributed by atoms with E-state index in [1.165, 1.54) is 0 Å². The number of nitrogens with one attached hydrogen (secondary N) is 1. The molecule has 6 nitrogen and oxygen atoms in total. The van der Waals surface area contributed by atoms with Crippen LogP contribution in [0.2, 0.25) is 10.0 Å². The van der Waals surface area contributed by atoms with E-state index in [-0.39, 0.29) is 12.0 Å². The monoisotopic (exact) mass is 484 g/mol. The number of carbonyl (C=O) groups excluding carboxylic acids is 1. The molecule has 0 bridgehead atoms. The average Bonchev–Trinajstić information content (AvgIpc) is 2.67. The van der Waals surface area contributed by atoms with E-state index in [0.717, 1.165) is 29.5 Å². The first kappa shape index (κ1) is 23.9. The normalized spacial score (nSPS) is 19.3. The third-order valence-electron chi connectivity index (χ3n) is 5.25. The first-order valence-electron chi connectivity index (χ1n) is 9.88. The van der Waals surface area contributed by atoms with Crippen molar-refractivity contribution in [1.29, 1.82) is 0 Å². The second-order valence-corrected chi connectivity index (χ2v) is 10.1. The Labute approximate surface area is 195 Å². The minimum Gasteiger partial charge on any atom is -0.444 e. The van der Waals surface area contributed by atoms with E-state index >= 15 is 0 Å². The summed E-state index contributed by atoms with van der Waals surface area (Å²) in [7, 11) is 1.73. The molecule has 1 amide bonds. The van der Waals surface area contributed by atoms with E-state index in [9.17, 15) is 13.6 Å². The summed E-state index contributed by atoms with van der Waals surface area (Å²) in [5.74, 6) is 0.00179. The molecule has 31 heavy (non-hydrogen) atoms. The Balaban J connectivity index is 2.02. The highest BCUT2D eigenvalue weighted by molar-refractivity contribution is 7.80. The molecule has 3 unspecified atom stereocenters. The van der Waals surface area contributed by atoms with Gasteiger partial charge in [-0.3, -0.25) is 9.27 Å². The minimum absolute atomic E-state index is 0.00179. The Morgan fingerprint density at radius 3 is 2.45 bits per heavy atom. The lowest BCUT2D eigenvalue weighted by atomic mass is 9.76. The van der Waals surface area contributed by atoms with E-state index in [2.05, 4.69) is 4.72 Å². The van der Waals surface area contributed by atoms with Crippen molar-refractivity contribution in [1.82, 2.24) is 4.90 Å². The molecule has 0 aromatic heterocycles. The van der Waals surface area contributed by atoms with E-state index in [1.807, 2.05) is 45.0 Å². The van der Waals surface area contributed by atoms with Gasteiger partial charge in [0, 0.05) is 18.7 Å². The van der Waals surface area contributed by atoms with Gasteiger partial charge in [0.2, 0.25) is 0 Å². The van der Waals surface area contributed by atoms with Crippen LogP contribution in [0, 0.1) is 0 Å². The molecule has 3 atom stereocenters. The first-order chi connectivity index (χ1) is 14.5. The molecule has 0 fully saturated rings. The molecular formula is C22H26Cl2N2O4S. The third-order valence-corrected chi connectivity index (χ3v) is 6.40. The van der Waals surface area contributed by atoms with Crippen molar-refractivity contribution in [2.24, 2.45) is 0 Å². The fourth-order valence-corrected chi connectivity index (χ4v) is 4.55. The summed E-state index contributed by atoms with van der Waals surface area (Å²) in [6.07, 6.45) is 1.09. The highest BCUT2D eigenvalue weighted by Crippen LogP contribution is 2.45. The largest absolute Gasteiger partial charge is 0.444 e. The number of carbonyl (C=O) groups is 1. The first-order valence-corrected chi connectivity index (χ1v) is 11.7. The SMILES string of the molecule is CN(C(=O)OC(C)(C)C)C1CCC(c2ccc(Cl)c(Cl)c2)c2cc(NS(=O)O)ccc21. The lowest BCUT2D eigenvalue weighted by molar-refractivity contribution is 0.0202. The second-order valence-electron chi connectivity index (χ2n) is 8.61. The van der Waals surface area contributed by atoms with Crippen molar-refractivity contribution in [2.75, 3.05) is 11.8 Å². The topological polar surface area (TPSA) is 78.9 Å². The number of anilines is 1. The maximum Gasteiger partial charge on any atom is 0.410 e. The maximum absolute atomic E-state index is 12.7. The Morgan fingerprint density at radius 2 is 1.84 bits per heavy atom. The molecule has 9 heteroatoms. The quantitative estimate of drug-likeness (QED) is 0.493. The number of hydrogen-bond acceptors (Lipinski definition) is 3. The summed E-state index contributed by atoms with van der Waals surface area (Å²) in [6.45, 7) is 5.50. The van der Waals surface area contributed by atoms with Crippen molar-refractivity contribution >= 4 is 46.2 Å². The molecule has 3 rings (SSSR count). The zero-order valence-electron chi connectivity index (χ0n) is 17.8. The van der Waals surface area contributed by atoms with Gasteiger partial charge in [0.25, 0.3) is 11.3 Å². The molecule has 2 N–H and O–H groups in total. The molecule has 0 heterocycles. The molecule has 0 radical (unpaired) electrons. The van der Waals surface area contributed by atoms with Crippen LogP contribution in [0.15, 0.2) is 36.4 Å². The van der Waals surface area contributed by atoms with Crippen LogP contribution in [0.1, 0.15) is 62.3 Å². The number of benzene rings is 2. The number of hydrogen-bond donors (Lipinski definition) is 2. The average molecular weight is 485 g/mol. The molecule has 0 saturated carbocycles. The highest BCUT2D eigenvalue weighted by atomic mass is 35.5. The lowest BCUT2D eigenvalue weighted by Crippen LogP contribution is -2.38. The number of ether oxygens (including phenoxy) is 1. The third kappa shape index (κ3) is 5.71. The molecule has 2 aromatic carbocycles. The zero-order chi connectivity index (χ0) is 22.9. The van der Waals surface area contributed by atoms with Crippen LogP contribution in [0.5, 0.6) is 0 Å². The van der Waals surface area contributed by atoms with Crippen molar-refractivity contribution in [3.05, 3.63) is 63.1 Å². The predicted molar refractivity (Wildman–Crippen MR) is 125 cm³/mol. The molecule has 168 valence electrons. The van der Waals surface area contributed by atoms with Crippen molar-refractivity contribution < 1.29 is 18.3 Å². The molecule has 1 aliphatic carbocycles. The van der Waals surface area contributed by atoms with Gasteiger partial charge in [0.15, 0.2) is 0 Å². The van der Waals surface area contributed by atoms with E-state index in [4.69, 9.17) is 27.9 Å². The number of halogens is 2. The van der Waals surface area contributed by atoms with Gasteiger partial charge in [-0.1, -0.05) is 35.3 Å². The Hall–Kier alpha value is -1.80. The minimum atomic E-state index is -2.19. The van der Waals surface area contributed by atoms with Gasteiger partial charge in [0.05, 0.1) is 16.1 Å². The summed E-state index contributed by atoms with van der Waals surface area (Å²) in [5.41, 5.74) is 2.84.